The van der Waals surface area contributed by atoms with Crippen LogP contribution in [0.15, 0.2) is 67.1 Å². The number of benzene rings is 2. The van der Waals surface area contributed by atoms with Crippen molar-refractivity contribution in [3.8, 4) is 23.3 Å². The Morgan fingerprint density at radius 3 is 2.70 bits per heavy atom. The number of hydrogen-bond acceptors (Lipinski definition) is 8. The van der Waals surface area contributed by atoms with Crippen molar-refractivity contribution in [2.45, 2.75) is 6.92 Å². The molecule has 10 nitrogen and oxygen atoms in total. The van der Waals surface area contributed by atoms with Crippen molar-refractivity contribution in [2.24, 2.45) is 0 Å². The third-order valence-corrected chi connectivity index (χ3v) is 7.31. The SMILES string of the molecule is COc1ccccc1Oc1ccc(Nc2c(C#N)cnn3cc(NC(=O)N4C=c5cnsc5=CC4)c(C)c23)cc1. The Morgan fingerprint density at radius 2 is 1.93 bits per heavy atom. The van der Waals surface area contributed by atoms with E-state index in [1.165, 1.54) is 17.7 Å². The van der Waals surface area contributed by atoms with E-state index in [-0.39, 0.29) is 6.03 Å². The largest absolute Gasteiger partial charge is 0.493 e. The molecule has 0 bridgehead atoms. The van der Waals surface area contributed by atoms with Crippen molar-refractivity contribution < 1.29 is 14.3 Å². The molecule has 40 heavy (non-hydrogen) atoms. The Hall–Kier alpha value is -5.34. The van der Waals surface area contributed by atoms with Gasteiger partial charge < -0.3 is 20.1 Å². The molecule has 0 aliphatic carbocycles. The maximum Gasteiger partial charge on any atom is 0.326 e. The third-order valence-electron chi connectivity index (χ3n) is 6.50. The molecular formula is C29H23N7O3S. The number of para-hydroxylation sites is 2. The van der Waals surface area contributed by atoms with Crippen molar-refractivity contribution in [3.63, 3.8) is 0 Å². The number of hydrogen-bond donors (Lipinski definition) is 2. The summed E-state index contributed by atoms with van der Waals surface area (Å²) in [6.07, 6.45) is 8.75. The molecule has 0 radical (unpaired) electrons. The highest BCUT2D eigenvalue weighted by atomic mass is 32.1. The minimum atomic E-state index is -0.271. The molecular weight excluding hydrogens is 526 g/mol. The van der Waals surface area contributed by atoms with Gasteiger partial charge in [0, 0.05) is 35.4 Å². The monoisotopic (exact) mass is 549 g/mol. The number of aryl methyl sites for hydroxylation is 1. The maximum atomic E-state index is 13.1. The van der Waals surface area contributed by atoms with Crippen LogP contribution in [0, 0.1) is 18.3 Å². The highest BCUT2D eigenvalue weighted by Gasteiger charge is 2.20. The number of nitrogens with one attached hydrogen (secondary N) is 2. The molecule has 1 aliphatic heterocycles. The van der Waals surface area contributed by atoms with E-state index in [2.05, 4.69) is 26.2 Å². The molecule has 5 aromatic rings. The van der Waals surface area contributed by atoms with Crippen LogP contribution in [0.3, 0.4) is 0 Å². The van der Waals surface area contributed by atoms with Crippen LogP contribution in [0.25, 0.3) is 17.8 Å². The number of nitrogens with zero attached hydrogens (tertiary/aromatic N) is 5. The first-order valence-corrected chi connectivity index (χ1v) is 13.1. The van der Waals surface area contributed by atoms with Crippen LogP contribution in [-0.2, 0) is 0 Å². The second-order valence-electron chi connectivity index (χ2n) is 8.97. The van der Waals surface area contributed by atoms with E-state index in [1.807, 2.05) is 61.5 Å². The molecule has 0 fully saturated rings. The number of carbonyl (C=O) groups is 1. The van der Waals surface area contributed by atoms with Gasteiger partial charge >= 0.3 is 6.03 Å². The first-order valence-electron chi connectivity index (χ1n) is 12.3. The van der Waals surface area contributed by atoms with Gasteiger partial charge in [0.25, 0.3) is 0 Å². The van der Waals surface area contributed by atoms with E-state index < -0.39 is 0 Å². The summed E-state index contributed by atoms with van der Waals surface area (Å²) in [5, 5.41) is 21.5. The summed E-state index contributed by atoms with van der Waals surface area (Å²) in [6.45, 7) is 2.34. The number of methoxy groups -OCH3 is 1. The molecule has 2 amide bonds. The maximum absolute atomic E-state index is 13.1. The average Bonchev–Trinajstić information content (AvgIpc) is 3.58. The second kappa shape index (κ2) is 10.4. The van der Waals surface area contributed by atoms with Gasteiger partial charge in [-0.2, -0.15) is 14.7 Å². The average molecular weight is 550 g/mol. The Bertz CT molecular complexity index is 1900. The van der Waals surface area contributed by atoms with Gasteiger partial charge in [-0.15, -0.1) is 0 Å². The normalized spacial score (nSPS) is 12.1. The van der Waals surface area contributed by atoms with Gasteiger partial charge in [0.2, 0.25) is 0 Å². The molecule has 4 heterocycles. The van der Waals surface area contributed by atoms with E-state index in [9.17, 15) is 10.1 Å². The summed E-state index contributed by atoms with van der Waals surface area (Å²) in [5.74, 6) is 1.88. The molecule has 3 aromatic heterocycles. The van der Waals surface area contributed by atoms with E-state index in [0.717, 1.165) is 21.0 Å². The summed E-state index contributed by atoms with van der Waals surface area (Å²) in [4.78, 5) is 14.7. The van der Waals surface area contributed by atoms with Crippen molar-refractivity contribution in [2.75, 3.05) is 24.3 Å². The Balaban J connectivity index is 1.26. The number of amides is 2. The van der Waals surface area contributed by atoms with Gasteiger partial charge in [-0.3, -0.25) is 4.90 Å². The number of urea groups is 1. The summed E-state index contributed by atoms with van der Waals surface area (Å²) in [7, 11) is 1.60. The zero-order chi connectivity index (χ0) is 27.6. The van der Waals surface area contributed by atoms with Gasteiger partial charge in [0.15, 0.2) is 11.5 Å². The topological polar surface area (TPSA) is 117 Å². The van der Waals surface area contributed by atoms with Crippen LogP contribution in [0.2, 0.25) is 0 Å². The van der Waals surface area contributed by atoms with E-state index in [1.54, 1.807) is 35.1 Å². The Kier molecular flexibility index (Phi) is 6.51. The third kappa shape index (κ3) is 4.68. The van der Waals surface area contributed by atoms with E-state index in [0.29, 0.717) is 46.2 Å². The van der Waals surface area contributed by atoms with Crippen LogP contribution in [-0.4, -0.2) is 38.6 Å². The Labute approximate surface area is 233 Å². The molecule has 2 aromatic carbocycles. The summed E-state index contributed by atoms with van der Waals surface area (Å²) in [6, 6.07) is 16.7. The van der Waals surface area contributed by atoms with Crippen LogP contribution >= 0.6 is 11.5 Å². The highest BCUT2D eigenvalue weighted by Crippen LogP contribution is 2.34. The molecule has 11 heteroatoms. The zero-order valence-electron chi connectivity index (χ0n) is 21.6. The van der Waals surface area contributed by atoms with Gasteiger partial charge in [-0.05, 0) is 60.9 Å². The van der Waals surface area contributed by atoms with Crippen molar-refractivity contribution in [3.05, 3.63) is 88.0 Å². The highest BCUT2D eigenvalue weighted by molar-refractivity contribution is 7.03. The number of rotatable bonds is 6. The number of aromatic nitrogens is 3. The van der Waals surface area contributed by atoms with Crippen LogP contribution in [0.5, 0.6) is 17.2 Å². The number of ether oxygens (including phenoxy) is 2. The van der Waals surface area contributed by atoms with Crippen molar-refractivity contribution in [1.29, 1.82) is 5.26 Å². The van der Waals surface area contributed by atoms with Crippen molar-refractivity contribution >= 4 is 52.4 Å². The minimum absolute atomic E-state index is 0.271. The van der Waals surface area contributed by atoms with Crippen LogP contribution < -0.4 is 29.9 Å². The van der Waals surface area contributed by atoms with E-state index >= 15 is 0 Å². The van der Waals surface area contributed by atoms with Gasteiger partial charge in [0.05, 0.1) is 46.5 Å². The predicted molar refractivity (Wildman–Crippen MR) is 153 cm³/mol. The lowest BCUT2D eigenvalue weighted by molar-refractivity contribution is 0.236. The van der Waals surface area contributed by atoms with Crippen LogP contribution in [0.4, 0.5) is 21.9 Å². The fourth-order valence-corrected chi connectivity index (χ4v) is 5.08. The molecule has 0 saturated heterocycles. The lowest BCUT2D eigenvalue weighted by Crippen LogP contribution is -2.38. The quantitative estimate of drug-likeness (QED) is 0.318. The summed E-state index contributed by atoms with van der Waals surface area (Å²) < 4.78 is 18.2. The molecule has 0 atom stereocenters. The Morgan fingerprint density at radius 1 is 1.12 bits per heavy atom. The van der Waals surface area contributed by atoms with E-state index in [4.69, 9.17) is 9.47 Å². The molecule has 1 aliphatic rings. The first-order chi connectivity index (χ1) is 19.5. The molecule has 2 N–H and O–H groups in total. The van der Waals surface area contributed by atoms with Crippen molar-refractivity contribution in [1.82, 2.24) is 18.9 Å². The van der Waals surface area contributed by atoms with Gasteiger partial charge in [-0.1, -0.05) is 12.1 Å². The fourth-order valence-electron chi connectivity index (χ4n) is 4.44. The lowest BCUT2D eigenvalue weighted by atomic mass is 10.1. The first kappa shape index (κ1) is 25.0. The van der Waals surface area contributed by atoms with Crippen LogP contribution in [0.1, 0.15) is 11.1 Å². The number of anilines is 3. The molecule has 198 valence electrons. The molecule has 6 rings (SSSR count). The molecule has 0 saturated carbocycles. The van der Waals surface area contributed by atoms with Gasteiger partial charge in [-0.25, -0.2) is 9.31 Å². The zero-order valence-corrected chi connectivity index (χ0v) is 22.4. The number of carbonyl (C=O) groups excluding carboxylic acids is 1. The second-order valence-corrected chi connectivity index (χ2v) is 9.80. The molecule has 0 spiro atoms. The lowest BCUT2D eigenvalue weighted by Gasteiger charge is -2.18. The van der Waals surface area contributed by atoms with Gasteiger partial charge in [0.1, 0.15) is 11.8 Å². The fraction of sp³-hybridized carbons (Fsp3) is 0.103. The summed E-state index contributed by atoms with van der Waals surface area (Å²) >= 11 is 1.40. The summed E-state index contributed by atoms with van der Waals surface area (Å²) in [5.41, 5.74) is 3.76. The standard InChI is InChI=1S/C29H23N7O3S/c1-18-23(34-29(37)35-12-11-26-20(16-35)15-32-40-26)17-36-28(18)27(19(13-30)14-31-36)33-21-7-9-22(10-8-21)39-25-6-4-3-5-24(25)38-2/h3-11,14-17,33H,12H2,1-2H3,(H,34,37). The minimum Gasteiger partial charge on any atom is -0.493 e. The smallest absolute Gasteiger partial charge is 0.326 e. The molecule has 0 unspecified atom stereocenters. The predicted octanol–water partition coefficient (Wildman–Crippen LogP) is 4.58. The number of fused-ring (bicyclic) bond motifs is 2. The number of nitriles is 1.